The predicted molar refractivity (Wildman–Crippen MR) is 80.0 cm³/mol. The first-order valence-corrected chi connectivity index (χ1v) is 6.54. The van der Waals surface area contributed by atoms with Crippen LogP contribution >= 0.6 is 0 Å². The molecule has 0 spiro atoms. The summed E-state index contributed by atoms with van der Waals surface area (Å²) >= 11 is 0. The summed E-state index contributed by atoms with van der Waals surface area (Å²) in [5, 5.41) is 17.7. The Balaban J connectivity index is 2.09. The maximum absolute atomic E-state index is 12.0. The maximum Gasteiger partial charge on any atom is 0.312 e. The van der Waals surface area contributed by atoms with Gasteiger partial charge in [-0.3, -0.25) is 19.6 Å². The number of nitrogens with zero attached hydrogens (tertiary/aromatic N) is 3. The molecule has 0 aliphatic heterocycles. The van der Waals surface area contributed by atoms with Crippen LogP contribution in [0.4, 0.5) is 11.4 Å². The number of hydrogen-bond acceptors (Lipinski definition) is 5. The Bertz CT molecular complexity index is 706. The summed E-state index contributed by atoms with van der Waals surface area (Å²) in [6.45, 7) is 3.02. The molecule has 0 atom stereocenters. The van der Waals surface area contributed by atoms with Crippen LogP contribution in [0.15, 0.2) is 24.3 Å². The van der Waals surface area contributed by atoms with Crippen molar-refractivity contribution in [2.45, 2.75) is 20.4 Å². The monoisotopic (exact) mass is 304 g/mol. The van der Waals surface area contributed by atoms with Crippen LogP contribution in [-0.2, 0) is 11.3 Å². The third-order valence-electron chi connectivity index (χ3n) is 3.19. The van der Waals surface area contributed by atoms with Crippen LogP contribution in [0.1, 0.15) is 11.4 Å². The minimum Gasteiger partial charge on any atom is -0.497 e. The molecule has 1 aromatic carbocycles. The lowest BCUT2D eigenvalue weighted by Gasteiger charge is -2.07. The van der Waals surface area contributed by atoms with E-state index >= 15 is 0 Å². The van der Waals surface area contributed by atoms with Crippen molar-refractivity contribution in [3.8, 4) is 5.75 Å². The van der Waals surface area contributed by atoms with Crippen molar-refractivity contribution >= 4 is 17.3 Å². The number of nitro groups is 1. The van der Waals surface area contributed by atoms with Gasteiger partial charge >= 0.3 is 5.69 Å². The van der Waals surface area contributed by atoms with Crippen molar-refractivity contribution in [3.05, 3.63) is 45.8 Å². The van der Waals surface area contributed by atoms with Crippen molar-refractivity contribution in [2.24, 2.45) is 0 Å². The Morgan fingerprint density at radius 3 is 2.50 bits per heavy atom. The van der Waals surface area contributed by atoms with E-state index in [0.717, 1.165) is 0 Å². The maximum atomic E-state index is 12.0. The lowest BCUT2D eigenvalue weighted by atomic mass is 10.3. The zero-order valence-corrected chi connectivity index (χ0v) is 12.5. The third-order valence-corrected chi connectivity index (χ3v) is 3.19. The van der Waals surface area contributed by atoms with E-state index in [4.69, 9.17) is 4.74 Å². The quantitative estimate of drug-likeness (QED) is 0.673. The third kappa shape index (κ3) is 3.22. The molecule has 8 heteroatoms. The topological polar surface area (TPSA) is 99.3 Å². The lowest BCUT2D eigenvalue weighted by molar-refractivity contribution is -0.386. The van der Waals surface area contributed by atoms with Crippen LogP contribution in [0.25, 0.3) is 0 Å². The van der Waals surface area contributed by atoms with Gasteiger partial charge in [-0.2, -0.15) is 5.10 Å². The number of rotatable bonds is 5. The summed E-state index contributed by atoms with van der Waals surface area (Å²) in [6.07, 6.45) is 0. The Morgan fingerprint density at radius 1 is 1.36 bits per heavy atom. The smallest absolute Gasteiger partial charge is 0.312 e. The van der Waals surface area contributed by atoms with Crippen LogP contribution in [0.2, 0.25) is 0 Å². The van der Waals surface area contributed by atoms with E-state index in [9.17, 15) is 14.9 Å². The normalized spacial score (nSPS) is 10.3. The number of methoxy groups -OCH3 is 1. The Hall–Kier alpha value is -2.90. The minimum atomic E-state index is -0.491. The standard InChI is InChI=1S/C14H16N4O4/c1-9-14(18(20)21)10(2)17(16-9)8-13(19)15-11-4-6-12(22-3)7-5-11/h4-7H,8H2,1-3H3,(H,15,19). The Kier molecular flexibility index (Phi) is 4.40. The van der Waals surface area contributed by atoms with E-state index in [1.165, 1.54) is 4.68 Å². The molecule has 0 fully saturated rings. The molecule has 1 aromatic heterocycles. The molecule has 2 aromatic rings. The SMILES string of the molecule is COc1ccc(NC(=O)Cn2nc(C)c([N+](=O)[O-])c2C)cc1. The molecule has 1 heterocycles. The summed E-state index contributed by atoms with van der Waals surface area (Å²) in [5.74, 6) is 0.373. The molecule has 2 rings (SSSR count). The van der Waals surface area contributed by atoms with Crippen LogP contribution in [0, 0.1) is 24.0 Å². The second-order valence-corrected chi connectivity index (χ2v) is 4.71. The first-order chi connectivity index (χ1) is 10.4. The zero-order valence-electron chi connectivity index (χ0n) is 12.5. The van der Waals surface area contributed by atoms with Gasteiger partial charge in [0.05, 0.1) is 12.0 Å². The average Bonchev–Trinajstić information content (AvgIpc) is 2.74. The van der Waals surface area contributed by atoms with Crippen LogP contribution < -0.4 is 10.1 Å². The van der Waals surface area contributed by atoms with Crippen LogP contribution in [0.3, 0.4) is 0 Å². The molecule has 22 heavy (non-hydrogen) atoms. The Morgan fingerprint density at radius 2 is 2.00 bits per heavy atom. The number of nitrogens with one attached hydrogen (secondary N) is 1. The lowest BCUT2D eigenvalue weighted by Crippen LogP contribution is -2.20. The van der Waals surface area contributed by atoms with E-state index in [2.05, 4.69) is 10.4 Å². The molecule has 0 unspecified atom stereocenters. The first kappa shape index (κ1) is 15.5. The molecule has 116 valence electrons. The van der Waals surface area contributed by atoms with Crippen molar-refractivity contribution in [1.29, 1.82) is 0 Å². The van der Waals surface area contributed by atoms with E-state index in [-0.39, 0.29) is 18.1 Å². The number of aromatic nitrogens is 2. The fourth-order valence-electron chi connectivity index (χ4n) is 2.12. The molecule has 1 N–H and O–H groups in total. The van der Waals surface area contributed by atoms with Crippen LogP contribution in [0.5, 0.6) is 5.75 Å². The van der Waals surface area contributed by atoms with E-state index in [0.29, 0.717) is 22.8 Å². The molecule has 0 bridgehead atoms. The number of hydrogen-bond donors (Lipinski definition) is 1. The number of amides is 1. The fraction of sp³-hybridized carbons (Fsp3) is 0.286. The molecule has 8 nitrogen and oxygen atoms in total. The number of ether oxygens (including phenoxy) is 1. The predicted octanol–water partition coefficient (Wildman–Crippen LogP) is 2.06. The second kappa shape index (κ2) is 6.25. The number of carbonyl (C=O) groups is 1. The van der Waals surface area contributed by atoms with Gasteiger partial charge in [0.1, 0.15) is 23.7 Å². The van der Waals surface area contributed by atoms with Gasteiger partial charge in [-0.1, -0.05) is 0 Å². The molecule has 1 amide bonds. The van der Waals surface area contributed by atoms with E-state index in [1.807, 2.05) is 0 Å². The highest BCUT2D eigenvalue weighted by Gasteiger charge is 2.22. The van der Waals surface area contributed by atoms with Gasteiger partial charge in [0.2, 0.25) is 5.91 Å². The number of anilines is 1. The molecule has 0 radical (unpaired) electrons. The summed E-state index contributed by atoms with van der Waals surface area (Å²) in [6, 6.07) is 6.87. The summed E-state index contributed by atoms with van der Waals surface area (Å²) in [7, 11) is 1.56. The summed E-state index contributed by atoms with van der Waals surface area (Å²) in [4.78, 5) is 22.4. The molecule has 0 saturated heterocycles. The highest BCUT2D eigenvalue weighted by Crippen LogP contribution is 2.21. The molecule has 0 aliphatic rings. The zero-order chi connectivity index (χ0) is 16.3. The molecule has 0 saturated carbocycles. The highest BCUT2D eigenvalue weighted by atomic mass is 16.6. The van der Waals surface area contributed by atoms with Crippen LogP contribution in [-0.4, -0.2) is 27.7 Å². The first-order valence-electron chi connectivity index (χ1n) is 6.54. The Labute approximate surface area is 126 Å². The van der Waals surface area contributed by atoms with Gasteiger partial charge in [0.25, 0.3) is 0 Å². The second-order valence-electron chi connectivity index (χ2n) is 4.71. The summed E-state index contributed by atoms with van der Waals surface area (Å²) in [5.41, 5.74) is 1.20. The fourth-order valence-corrected chi connectivity index (χ4v) is 2.12. The highest BCUT2D eigenvalue weighted by molar-refractivity contribution is 5.90. The van der Waals surface area contributed by atoms with Crippen molar-refractivity contribution in [2.75, 3.05) is 12.4 Å². The van der Waals surface area contributed by atoms with Gasteiger partial charge in [-0.25, -0.2) is 0 Å². The summed E-state index contributed by atoms with van der Waals surface area (Å²) < 4.78 is 6.36. The average molecular weight is 304 g/mol. The number of benzene rings is 1. The van der Waals surface area contributed by atoms with Gasteiger partial charge in [-0.05, 0) is 38.1 Å². The van der Waals surface area contributed by atoms with E-state index < -0.39 is 4.92 Å². The molecular formula is C14H16N4O4. The molecular weight excluding hydrogens is 288 g/mol. The van der Waals surface area contributed by atoms with Gasteiger partial charge in [0.15, 0.2) is 0 Å². The van der Waals surface area contributed by atoms with Crippen molar-refractivity contribution in [1.82, 2.24) is 9.78 Å². The van der Waals surface area contributed by atoms with Crippen molar-refractivity contribution < 1.29 is 14.5 Å². The minimum absolute atomic E-state index is 0.0581. The van der Waals surface area contributed by atoms with Gasteiger partial charge in [-0.15, -0.1) is 0 Å². The van der Waals surface area contributed by atoms with Crippen molar-refractivity contribution in [3.63, 3.8) is 0 Å². The number of aryl methyl sites for hydroxylation is 1. The van der Waals surface area contributed by atoms with Gasteiger partial charge < -0.3 is 10.1 Å². The number of carbonyl (C=O) groups excluding carboxylic acids is 1. The van der Waals surface area contributed by atoms with E-state index in [1.54, 1.807) is 45.2 Å². The van der Waals surface area contributed by atoms with Gasteiger partial charge in [0, 0.05) is 5.69 Å². The molecule has 0 aliphatic carbocycles. The largest absolute Gasteiger partial charge is 0.497 e.